The van der Waals surface area contributed by atoms with Crippen LogP contribution in [0, 0.1) is 25.5 Å². The van der Waals surface area contributed by atoms with E-state index in [2.05, 4.69) is 21.4 Å². The van der Waals surface area contributed by atoms with Crippen LogP contribution in [0.3, 0.4) is 0 Å². The summed E-state index contributed by atoms with van der Waals surface area (Å²) in [6.45, 7) is 3.92. The van der Waals surface area contributed by atoms with Crippen LogP contribution < -0.4 is 11.3 Å². The molecular weight excluding hydrogens is 326 g/mol. The molecule has 0 bridgehead atoms. The zero-order valence-electron chi connectivity index (χ0n) is 11.2. The largest absolute Gasteiger partial charge is 0.271 e. The highest BCUT2D eigenvalue weighted by Gasteiger charge is 2.22. The topological polar surface area (TPSA) is 38.0 Å². The van der Waals surface area contributed by atoms with Crippen molar-refractivity contribution in [1.29, 1.82) is 0 Å². The van der Waals surface area contributed by atoms with Gasteiger partial charge in [-0.1, -0.05) is 34.1 Å². The quantitative estimate of drug-likeness (QED) is 0.656. The maximum Gasteiger partial charge on any atom is 0.132 e. The molecular formula is C15H15BrF2N2. The highest BCUT2D eigenvalue weighted by atomic mass is 79.9. The molecule has 5 heteroatoms. The van der Waals surface area contributed by atoms with Crippen LogP contribution in [0.4, 0.5) is 8.78 Å². The second-order valence-corrected chi connectivity index (χ2v) is 5.64. The number of nitrogens with two attached hydrogens (primary N) is 1. The van der Waals surface area contributed by atoms with Gasteiger partial charge in [0.1, 0.15) is 11.6 Å². The first kappa shape index (κ1) is 15.1. The van der Waals surface area contributed by atoms with Gasteiger partial charge in [-0.2, -0.15) is 0 Å². The molecule has 1 atom stereocenters. The molecule has 0 spiro atoms. The molecule has 0 radical (unpaired) electrons. The van der Waals surface area contributed by atoms with Crippen molar-refractivity contribution in [1.82, 2.24) is 5.43 Å². The Morgan fingerprint density at radius 3 is 2.15 bits per heavy atom. The zero-order valence-corrected chi connectivity index (χ0v) is 12.8. The maximum atomic E-state index is 14.0. The van der Waals surface area contributed by atoms with Gasteiger partial charge in [-0.05, 0) is 42.7 Å². The lowest BCUT2D eigenvalue weighted by molar-refractivity contribution is 0.509. The summed E-state index contributed by atoms with van der Waals surface area (Å²) in [5.74, 6) is 4.22. The SMILES string of the molecule is Cc1ccc(C(NN)c2c(F)cc(Br)cc2F)cc1C. The minimum Gasteiger partial charge on any atom is -0.271 e. The maximum absolute atomic E-state index is 14.0. The Bertz CT molecular complexity index is 621. The molecule has 0 heterocycles. The van der Waals surface area contributed by atoms with Gasteiger partial charge in [-0.15, -0.1) is 0 Å². The number of aryl methyl sites for hydroxylation is 2. The molecule has 2 aromatic rings. The molecule has 0 aliphatic heterocycles. The van der Waals surface area contributed by atoms with Gasteiger partial charge in [0.25, 0.3) is 0 Å². The van der Waals surface area contributed by atoms with Crippen molar-refractivity contribution in [3.63, 3.8) is 0 Å². The average molecular weight is 341 g/mol. The second-order valence-electron chi connectivity index (χ2n) is 4.73. The van der Waals surface area contributed by atoms with Crippen LogP contribution >= 0.6 is 15.9 Å². The number of hydrogen-bond acceptors (Lipinski definition) is 2. The molecule has 0 saturated carbocycles. The van der Waals surface area contributed by atoms with Crippen LogP contribution in [-0.2, 0) is 0 Å². The number of hydrazine groups is 1. The van der Waals surface area contributed by atoms with Crippen molar-refractivity contribution >= 4 is 15.9 Å². The number of halogens is 3. The summed E-state index contributed by atoms with van der Waals surface area (Å²) in [5, 5.41) is 0. The van der Waals surface area contributed by atoms with Crippen molar-refractivity contribution in [2.75, 3.05) is 0 Å². The van der Waals surface area contributed by atoms with Gasteiger partial charge in [0.15, 0.2) is 0 Å². The summed E-state index contributed by atoms with van der Waals surface area (Å²) in [4.78, 5) is 0. The molecule has 1 unspecified atom stereocenters. The van der Waals surface area contributed by atoms with Crippen LogP contribution in [-0.4, -0.2) is 0 Å². The minimum atomic E-state index is -0.734. The monoisotopic (exact) mass is 340 g/mol. The standard InChI is InChI=1S/C15H15BrF2N2/c1-8-3-4-10(5-9(8)2)15(20-19)14-12(17)6-11(16)7-13(14)18/h3-7,15,20H,19H2,1-2H3. The van der Waals surface area contributed by atoms with Gasteiger partial charge >= 0.3 is 0 Å². The Balaban J connectivity index is 2.55. The molecule has 2 nitrogen and oxygen atoms in total. The van der Waals surface area contributed by atoms with Crippen molar-refractivity contribution in [2.24, 2.45) is 5.84 Å². The highest BCUT2D eigenvalue weighted by Crippen LogP contribution is 2.29. The Morgan fingerprint density at radius 1 is 1.05 bits per heavy atom. The van der Waals surface area contributed by atoms with Gasteiger partial charge in [0, 0.05) is 10.0 Å². The van der Waals surface area contributed by atoms with E-state index < -0.39 is 17.7 Å². The van der Waals surface area contributed by atoms with E-state index >= 15 is 0 Å². The molecule has 0 saturated heterocycles. The summed E-state index contributed by atoms with van der Waals surface area (Å²) in [7, 11) is 0. The van der Waals surface area contributed by atoms with Crippen LogP contribution in [0.5, 0.6) is 0 Å². The van der Waals surface area contributed by atoms with E-state index in [1.54, 1.807) is 0 Å². The fraction of sp³-hybridized carbons (Fsp3) is 0.200. The van der Waals surface area contributed by atoms with Crippen LogP contribution in [0.15, 0.2) is 34.8 Å². The predicted octanol–water partition coefficient (Wildman–Crippen LogP) is 3.90. The molecule has 0 aliphatic rings. The molecule has 0 fully saturated rings. The van der Waals surface area contributed by atoms with Crippen LogP contribution in [0.1, 0.15) is 28.3 Å². The first-order valence-electron chi connectivity index (χ1n) is 6.11. The average Bonchev–Trinajstić information content (AvgIpc) is 2.37. The van der Waals surface area contributed by atoms with Crippen LogP contribution in [0.2, 0.25) is 0 Å². The summed E-state index contributed by atoms with van der Waals surface area (Å²) < 4.78 is 28.5. The molecule has 0 amide bonds. The van der Waals surface area contributed by atoms with E-state index in [-0.39, 0.29) is 5.56 Å². The Labute approximate surface area is 125 Å². The van der Waals surface area contributed by atoms with Crippen LogP contribution in [0.25, 0.3) is 0 Å². The molecule has 2 rings (SSSR count). The second kappa shape index (κ2) is 5.99. The first-order valence-corrected chi connectivity index (χ1v) is 6.91. The molecule has 0 aliphatic carbocycles. The predicted molar refractivity (Wildman–Crippen MR) is 79.1 cm³/mol. The van der Waals surface area contributed by atoms with Crippen molar-refractivity contribution in [3.05, 3.63) is 68.7 Å². The minimum absolute atomic E-state index is 0.0843. The lowest BCUT2D eigenvalue weighted by Crippen LogP contribution is -2.30. The Hall–Kier alpha value is -1.30. The number of rotatable bonds is 3. The van der Waals surface area contributed by atoms with Gasteiger partial charge < -0.3 is 0 Å². The first-order chi connectivity index (χ1) is 9.43. The van der Waals surface area contributed by atoms with Crippen molar-refractivity contribution in [3.8, 4) is 0 Å². The molecule has 20 heavy (non-hydrogen) atoms. The lowest BCUT2D eigenvalue weighted by atomic mass is 9.95. The third kappa shape index (κ3) is 2.90. The van der Waals surface area contributed by atoms with E-state index in [9.17, 15) is 8.78 Å². The third-order valence-corrected chi connectivity index (χ3v) is 3.82. The van der Waals surface area contributed by atoms with E-state index in [0.29, 0.717) is 4.47 Å². The van der Waals surface area contributed by atoms with Crippen molar-refractivity contribution < 1.29 is 8.78 Å². The van der Waals surface area contributed by atoms with E-state index in [1.807, 2.05) is 32.0 Å². The van der Waals surface area contributed by atoms with E-state index in [1.165, 1.54) is 12.1 Å². The van der Waals surface area contributed by atoms with Crippen molar-refractivity contribution in [2.45, 2.75) is 19.9 Å². The molecule has 2 aromatic carbocycles. The van der Waals surface area contributed by atoms with Gasteiger partial charge in [0.05, 0.1) is 6.04 Å². The molecule has 0 aromatic heterocycles. The molecule has 106 valence electrons. The summed E-state index contributed by atoms with van der Waals surface area (Å²) in [6, 6.07) is 7.31. The normalized spacial score (nSPS) is 12.5. The highest BCUT2D eigenvalue weighted by molar-refractivity contribution is 9.10. The zero-order chi connectivity index (χ0) is 14.9. The van der Waals surface area contributed by atoms with E-state index in [0.717, 1.165) is 16.7 Å². The van der Waals surface area contributed by atoms with Gasteiger partial charge in [0.2, 0.25) is 0 Å². The Kier molecular flexibility index (Phi) is 4.52. The number of hydrogen-bond donors (Lipinski definition) is 2. The van der Waals surface area contributed by atoms with Gasteiger partial charge in [-0.25, -0.2) is 14.2 Å². The molecule has 3 N–H and O–H groups in total. The number of benzene rings is 2. The summed E-state index contributed by atoms with van der Waals surface area (Å²) in [6.07, 6.45) is 0. The Morgan fingerprint density at radius 2 is 1.65 bits per heavy atom. The summed E-state index contributed by atoms with van der Waals surface area (Å²) >= 11 is 3.06. The lowest BCUT2D eigenvalue weighted by Gasteiger charge is -2.19. The number of nitrogens with one attached hydrogen (secondary N) is 1. The van der Waals surface area contributed by atoms with Gasteiger partial charge in [-0.3, -0.25) is 5.84 Å². The third-order valence-electron chi connectivity index (χ3n) is 3.36. The smallest absolute Gasteiger partial charge is 0.132 e. The van der Waals surface area contributed by atoms with E-state index in [4.69, 9.17) is 5.84 Å². The fourth-order valence-electron chi connectivity index (χ4n) is 2.12. The fourth-order valence-corrected chi connectivity index (χ4v) is 2.52. The summed E-state index contributed by atoms with van der Waals surface area (Å²) in [5.41, 5.74) is 5.28.